The second-order valence-corrected chi connectivity index (χ2v) is 7.03. The molecule has 0 radical (unpaired) electrons. The molecule has 0 spiro atoms. The van der Waals surface area contributed by atoms with Crippen molar-refractivity contribution in [2.75, 3.05) is 32.7 Å². The molecule has 2 heteroatoms. The fourth-order valence-electron chi connectivity index (χ4n) is 3.18. The van der Waals surface area contributed by atoms with E-state index in [2.05, 4.69) is 31.0 Å². The lowest BCUT2D eigenvalue weighted by Gasteiger charge is -2.31. The highest BCUT2D eigenvalue weighted by Crippen LogP contribution is 2.32. The molecule has 1 unspecified atom stereocenters. The van der Waals surface area contributed by atoms with Crippen LogP contribution >= 0.6 is 0 Å². The van der Waals surface area contributed by atoms with Crippen molar-refractivity contribution in [3.8, 4) is 0 Å². The van der Waals surface area contributed by atoms with Crippen LogP contribution in [0.4, 0.5) is 0 Å². The van der Waals surface area contributed by atoms with Crippen LogP contribution in [-0.2, 0) is 0 Å². The molecule has 94 valence electrons. The second-order valence-electron chi connectivity index (χ2n) is 7.03. The van der Waals surface area contributed by atoms with Gasteiger partial charge in [0.2, 0.25) is 0 Å². The van der Waals surface area contributed by atoms with Crippen molar-refractivity contribution < 1.29 is 0 Å². The number of likely N-dealkylation sites (tertiary alicyclic amines) is 1. The van der Waals surface area contributed by atoms with Gasteiger partial charge >= 0.3 is 0 Å². The van der Waals surface area contributed by atoms with E-state index < -0.39 is 0 Å². The molecule has 2 saturated heterocycles. The van der Waals surface area contributed by atoms with E-state index in [-0.39, 0.29) is 0 Å². The molecule has 0 saturated carbocycles. The Balaban J connectivity index is 1.86. The molecule has 1 N–H and O–H groups in total. The van der Waals surface area contributed by atoms with Gasteiger partial charge in [-0.1, -0.05) is 20.8 Å². The molecule has 0 aromatic heterocycles. The first kappa shape index (κ1) is 12.4. The van der Waals surface area contributed by atoms with E-state index in [9.17, 15) is 0 Å². The standard InChI is InChI=1S/C14H28N2/c1-13(2)5-4-9-16(10-7-13)12-14(3)6-8-15-11-14/h15H,4-12H2,1-3H3. The highest BCUT2D eigenvalue weighted by atomic mass is 15.1. The van der Waals surface area contributed by atoms with Gasteiger partial charge in [-0.25, -0.2) is 0 Å². The molecule has 0 aromatic carbocycles. The number of nitrogens with one attached hydrogen (secondary N) is 1. The Morgan fingerprint density at radius 2 is 1.88 bits per heavy atom. The Morgan fingerprint density at radius 3 is 2.56 bits per heavy atom. The Labute approximate surface area is 101 Å². The van der Waals surface area contributed by atoms with Gasteiger partial charge in [-0.3, -0.25) is 0 Å². The first-order chi connectivity index (χ1) is 7.49. The van der Waals surface area contributed by atoms with Crippen molar-refractivity contribution in [2.24, 2.45) is 10.8 Å². The quantitative estimate of drug-likeness (QED) is 0.775. The summed E-state index contributed by atoms with van der Waals surface area (Å²) < 4.78 is 0. The molecule has 2 heterocycles. The average Bonchev–Trinajstić information content (AvgIpc) is 2.54. The zero-order valence-corrected chi connectivity index (χ0v) is 11.3. The molecule has 2 rings (SSSR count). The van der Waals surface area contributed by atoms with Gasteiger partial charge < -0.3 is 10.2 Å². The number of hydrogen-bond donors (Lipinski definition) is 1. The summed E-state index contributed by atoms with van der Waals surface area (Å²) in [7, 11) is 0. The van der Waals surface area contributed by atoms with Gasteiger partial charge in [-0.15, -0.1) is 0 Å². The molecule has 0 aromatic rings. The fourth-order valence-corrected chi connectivity index (χ4v) is 3.18. The Kier molecular flexibility index (Phi) is 3.60. The summed E-state index contributed by atoms with van der Waals surface area (Å²) in [5.41, 5.74) is 1.11. The number of hydrogen-bond acceptors (Lipinski definition) is 2. The van der Waals surface area contributed by atoms with Crippen LogP contribution in [0.25, 0.3) is 0 Å². The molecule has 0 bridgehead atoms. The van der Waals surface area contributed by atoms with Crippen LogP contribution in [0.5, 0.6) is 0 Å². The molecular formula is C14H28N2. The first-order valence-corrected chi connectivity index (χ1v) is 6.92. The highest BCUT2D eigenvalue weighted by molar-refractivity contribution is 4.88. The van der Waals surface area contributed by atoms with Crippen LogP contribution < -0.4 is 5.32 Å². The van der Waals surface area contributed by atoms with Crippen molar-refractivity contribution in [3.63, 3.8) is 0 Å². The van der Waals surface area contributed by atoms with Crippen molar-refractivity contribution in [1.29, 1.82) is 0 Å². The van der Waals surface area contributed by atoms with E-state index in [1.165, 1.54) is 58.4 Å². The van der Waals surface area contributed by atoms with Crippen LogP contribution in [0.3, 0.4) is 0 Å². The average molecular weight is 224 g/mol. The monoisotopic (exact) mass is 224 g/mol. The summed E-state index contributed by atoms with van der Waals surface area (Å²) in [4.78, 5) is 2.71. The Morgan fingerprint density at radius 1 is 1.06 bits per heavy atom. The van der Waals surface area contributed by atoms with E-state index >= 15 is 0 Å². The molecule has 2 aliphatic rings. The molecule has 2 nitrogen and oxygen atoms in total. The van der Waals surface area contributed by atoms with Crippen LogP contribution in [0.1, 0.15) is 46.5 Å². The molecule has 2 fully saturated rings. The summed E-state index contributed by atoms with van der Waals surface area (Å²) in [5.74, 6) is 0. The highest BCUT2D eigenvalue weighted by Gasteiger charge is 2.32. The maximum absolute atomic E-state index is 3.51. The lowest BCUT2D eigenvalue weighted by molar-refractivity contribution is 0.177. The molecule has 0 amide bonds. The number of rotatable bonds is 2. The molecular weight excluding hydrogens is 196 g/mol. The minimum atomic E-state index is 0.536. The van der Waals surface area contributed by atoms with Crippen molar-refractivity contribution in [2.45, 2.75) is 46.5 Å². The van der Waals surface area contributed by atoms with Gasteiger partial charge in [0.1, 0.15) is 0 Å². The van der Waals surface area contributed by atoms with E-state index in [0.717, 1.165) is 0 Å². The SMILES string of the molecule is CC1(C)CCCN(CC2(C)CCNC2)CC1. The minimum absolute atomic E-state index is 0.536. The maximum Gasteiger partial charge on any atom is 0.00480 e. The smallest absolute Gasteiger partial charge is 0.00480 e. The third-order valence-corrected chi connectivity index (χ3v) is 4.50. The molecule has 1 atom stereocenters. The van der Waals surface area contributed by atoms with Crippen LogP contribution in [0.15, 0.2) is 0 Å². The summed E-state index contributed by atoms with van der Waals surface area (Å²) in [6.45, 7) is 13.7. The van der Waals surface area contributed by atoms with E-state index in [1.807, 2.05) is 0 Å². The summed E-state index contributed by atoms with van der Waals surface area (Å²) in [5, 5.41) is 3.51. The van der Waals surface area contributed by atoms with Gasteiger partial charge in [0.05, 0.1) is 0 Å². The van der Waals surface area contributed by atoms with Gasteiger partial charge in [-0.2, -0.15) is 0 Å². The third kappa shape index (κ3) is 3.21. The van der Waals surface area contributed by atoms with Crippen LogP contribution in [0.2, 0.25) is 0 Å². The summed E-state index contributed by atoms with van der Waals surface area (Å²) >= 11 is 0. The maximum atomic E-state index is 3.51. The molecule has 2 aliphatic heterocycles. The Bertz CT molecular complexity index is 229. The lowest BCUT2D eigenvalue weighted by Crippen LogP contribution is -2.38. The van der Waals surface area contributed by atoms with E-state index in [0.29, 0.717) is 10.8 Å². The van der Waals surface area contributed by atoms with Crippen LogP contribution in [-0.4, -0.2) is 37.6 Å². The minimum Gasteiger partial charge on any atom is -0.316 e. The normalized spacial score (nSPS) is 36.2. The summed E-state index contributed by atoms with van der Waals surface area (Å²) in [6, 6.07) is 0. The topological polar surface area (TPSA) is 15.3 Å². The molecule has 0 aliphatic carbocycles. The first-order valence-electron chi connectivity index (χ1n) is 6.92. The van der Waals surface area contributed by atoms with Crippen molar-refractivity contribution in [1.82, 2.24) is 10.2 Å². The Hall–Kier alpha value is -0.0800. The summed E-state index contributed by atoms with van der Waals surface area (Å²) in [6.07, 6.45) is 5.51. The van der Waals surface area contributed by atoms with Crippen LogP contribution in [0, 0.1) is 10.8 Å². The van der Waals surface area contributed by atoms with Gasteiger partial charge in [-0.05, 0) is 56.1 Å². The van der Waals surface area contributed by atoms with Crippen molar-refractivity contribution >= 4 is 0 Å². The fraction of sp³-hybridized carbons (Fsp3) is 1.00. The zero-order valence-electron chi connectivity index (χ0n) is 11.3. The van der Waals surface area contributed by atoms with Gasteiger partial charge in [0, 0.05) is 13.1 Å². The van der Waals surface area contributed by atoms with E-state index in [1.54, 1.807) is 0 Å². The predicted molar refractivity (Wildman–Crippen MR) is 69.7 cm³/mol. The van der Waals surface area contributed by atoms with Crippen molar-refractivity contribution in [3.05, 3.63) is 0 Å². The second kappa shape index (κ2) is 4.66. The van der Waals surface area contributed by atoms with Gasteiger partial charge in [0.15, 0.2) is 0 Å². The van der Waals surface area contributed by atoms with Gasteiger partial charge in [0.25, 0.3) is 0 Å². The number of nitrogens with zero attached hydrogens (tertiary/aromatic N) is 1. The predicted octanol–water partition coefficient (Wildman–Crippen LogP) is 2.50. The lowest BCUT2D eigenvalue weighted by atomic mass is 9.85. The zero-order chi connectivity index (χ0) is 11.6. The van der Waals surface area contributed by atoms with E-state index in [4.69, 9.17) is 0 Å². The molecule has 16 heavy (non-hydrogen) atoms. The largest absolute Gasteiger partial charge is 0.316 e. The third-order valence-electron chi connectivity index (χ3n) is 4.50.